The Morgan fingerprint density at radius 1 is 1.04 bits per heavy atom. The van der Waals surface area contributed by atoms with Gasteiger partial charge in [-0.2, -0.15) is 0 Å². The first-order chi connectivity index (χ1) is 12.2. The molecule has 0 aliphatic rings. The van der Waals surface area contributed by atoms with Crippen LogP contribution in [0.3, 0.4) is 0 Å². The van der Waals surface area contributed by atoms with E-state index in [0.717, 1.165) is 21.2 Å². The summed E-state index contributed by atoms with van der Waals surface area (Å²) in [7, 11) is 1.41. The van der Waals surface area contributed by atoms with Crippen molar-refractivity contribution in [1.29, 1.82) is 0 Å². The minimum absolute atomic E-state index is 0.353. The van der Waals surface area contributed by atoms with Gasteiger partial charge in [0.15, 0.2) is 4.75 Å². The van der Waals surface area contributed by atoms with E-state index in [2.05, 4.69) is 12.3 Å². The number of methoxy groups -OCH3 is 1. The molecule has 3 aromatic carbocycles. The largest absolute Gasteiger partial charge is 0.467 e. The molecule has 3 rings (SSSR count). The summed E-state index contributed by atoms with van der Waals surface area (Å²) in [5.74, 6) is -0.353. The smallest absolute Gasteiger partial charge is 0.331 e. The van der Waals surface area contributed by atoms with Gasteiger partial charge in [-0.15, -0.1) is 5.73 Å². The van der Waals surface area contributed by atoms with E-state index in [0.29, 0.717) is 0 Å². The monoisotopic (exact) mass is 346 g/mol. The van der Waals surface area contributed by atoms with Gasteiger partial charge in [0.1, 0.15) is 0 Å². The Kier molecular flexibility index (Phi) is 5.08. The van der Waals surface area contributed by atoms with E-state index in [1.54, 1.807) is 6.08 Å². The van der Waals surface area contributed by atoms with Crippen LogP contribution in [0.5, 0.6) is 0 Å². The lowest BCUT2D eigenvalue weighted by molar-refractivity contribution is -0.142. The van der Waals surface area contributed by atoms with Crippen LogP contribution in [0.2, 0.25) is 0 Å². The van der Waals surface area contributed by atoms with Crippen molar-refractivity contribution < 1.29 is 9.53 Å². The van der Waals surface area contributed by atoms with Crippen molar-refractivity contribution in [2.75, 3.05) is 7.11 Å². The van der Waals surface area contributed by atoms with Crippen molar-refractivity contribution in [2.24, 2.45) is 0 Å². The second kappa shape index (κ2) is 7.43. The van der Waals surface area contributed by atoms with Gasteiger partial charge in [-0.3, -0.25) is 0 Å². The molecule has 0 saturated carbocycles. The zero-order valence-electron chi connectivity index (χ0n) is 13.9. The molecule has 0 amide bonds. The molecule has 124 valence electrons. The van der Waals surface area contributed by atoms with Gasteiger partial charge >= 0.3 is 5.97 Å². The number of fused-ring (bicyclic) bond motifs is 1. The molecule has 1 unspecified atom stereocenters. The van der Waals surface area contributed by atoms with Crippen LogP contribution >= 0.6 is 11.8 Å². The van der Waals surface area contributed by atoms with Gasteiger partial charge in [0.2, 0.25) is 0 Å². The Morgan fingerprint density at radius 3 is 2.44 bits per heavy atom. The maximum Gasteiger partial charge on any atom is 0.331 e. The Labute approximate surface area is 151 Å². The summed E-state index contributed by atoms with van der Waals surface area (Å²) in [6.45, 7) is 3.71. The summed E-state index contributed by atoms with van der Waals surface area (Å²) in [6, 6.07) is 23.8. The van der Waals surface area contributed by atoms with E-state index in [1.165, 1.54) is 18.9 Å². The van der Waals surface area contributed by atoms with Crippen molar-refractivity contribution in [3.8, 4) is 0 Å². The molecule has 3 aromatic rings. The van der Waals surface area contributed by atoms with Gasteiger partial charge in [-0.05, 0) is 34.5 Å². The van der Waals surface area contributed by atoms with Gasteiger partial charge in [0.05, 0.1) is 7.11 Å². The molecule has 0 saturated heterocycles. The van der Waals surface area contributed by atoms with Crippen LogP contribution in [-0.2, 0) is 14.3 Å². The SMILES string of the molecule is C=C=CC(Sc1ccccc1)(C(=O)OC)c1cccc2ccccc12. The normalized spacial score (nSPS) is 12.8. The van der Waals surface area contributed by atoms with Crippen molar-refractivity contribution >= 4 is 28.5 Å². The number of ether oxygens (including phenoxy) is 1. The molecule has 2 nitrogen and oxygen atoms in total. The summed E-state index contributed by atoms with van der Waals surface area (Å²) in [4.78, 5) is 13.9. The molecular formula is C22H18O2S. The summed E-state index contributed by atoms with van der Waals surface area (Å²) in [5.41, 5.74) is 3.67. The lowest BCUT2D eigenvalue weighted by Gasteiger charge is -2.28. The Hall–Kier alpha value is -2.74. The van der Waals surface area contributed by atoms with Gasteiger partial charge in [0.25, 0.3) is 0 Å². The fourth-order valence-electron chi connectivity index (χ4n) is 2.89. The summed E-state index contributed by atoms with van der Waals surface area (Å²) in [5, 5.41) is 2.07. The average Bonchev–Trinajstić information content (AvgIpc) is 2.67. The minimum atomic E-state index is -1.06. The summed E-state index contributed by atoms with van der Waals surface area (Å²) >= 11 is 1.43. The first kappa shape index (κ1) is 17.1. The van der Waals surface area contributed by atoms with Crippen LogP contribution in [0.1, 0.15) is 5.56 Å². The number of rotatable bonds is 5. The van der Waals surface area contributed by atoms with Crippen molar-refractivity contribution in [2.45, 2.75) is 9.64 Å². The van der Waals surface area contributed by atoms with Crippen LogP contribution < -0.4 is 0 Å². The topological polar surface area (TPSA) is 26.3 Å². The van der Waals surface area contributed by atoms with Crippen LogP contribution in [0, 0.1) is 0 Å². The molecule has 0 fully saturated rings. The third-order valence-electron chi connectivity index (χ3n) is 4.01. The zero-order valence-corrected chi connectivity index (χ0v) is 14.8. The number of benzene rings is 3. The van der Waals surface area contributed by atoms with Crippen molar-refractivity contribution in [3.63, 3.8) is 0 Å². The highest BCUT2D eigenvalue weighted by atomic mass is 32.2. The van der Waals surface area contributed by atoms with Crippen LogP contribution in [0.15, 0.2) is 96.1 Å². The highest BCUT2D eigenvalue weighted by molar-refractivity contribution is 8.01. The van der Waals surface area contributed by atoms with Gasteiger partial charge in [-0.25, -0.2) is 4.79 Å². The average molecular weight is 346 g/mol. The molecular weight excluding hydrogens is 328 g/mol. The standard InChI is InChI=1S/C22H18O2S/c1-3-16-22(21(23)24-2,25-18-12-5-4-6-13-18)20-15-9-11-17-10-7-8-14-19(17)20/h4-16H,1H2,2H3. The van der Waals surface area contributed by atoms with E-state index in [1.807, 2.05) is 72.8 Å². The molecule has 0 heterocycles. The van der Waals surface area contributed by atoms with E-state index in [-0.39, 0.29) is 5.97 Å². The number of carbonyl (C=O) groups is 1. The van der Waals surface area contributed by atoms with E-state index >= 15 is 0 Å². The highest BCUT2D eigenvalue weighted by Crippen LogP contribution is 2.46. The Bertz CT molecular complexity index is 937. The van der Waals surface area contributed by atoms with Crippen LogP contribution in [0.4, 0.5) is 0 Å². The lowest BCUT2D eigenvalue weighted by atomic mass is 9.92. The predicted molar refractivity (Wildman–Crippen MR) is 104 cm³/mol. The number of hydrogen-bond acceptors (Lipinski definition) is 3. The molecule has 1 atom stereocenters. The second-order valence-electron chi connectivity index (χ2n) is 5.52. The molecule has 25 heavy (non-hydrogen) atoms. The van der Waals surface area contributed by atoms with Crippen LogP contribution in [-0.4, -0.2) is 13.1 Å². The molecule has 0 bridgehead atoms. The van der Waals surface area contributed by atoms with Crippen molar-refractivity contribution in [1.82, 2.24) is 0 Å². The predicted octanol–water partition coefficient (Wildman–Crippen LogP) is 5.34. The molecule has 0 aliphatic carbocycles. The second-order valence-corrected chi connectivity index (χ2v) is 6.84. The first-order valence-corrected chi connectivity index (χ1v) is 8.70. The molecule has 0 radical (unpaired) electrons. The molecule has 0 aromatic heterocycles. The number of esters is 1. The summed E-state index contributed by atoms with van der Waals surface area (Å²) in [6.07, 6.45) is 1.69. The fourth-order valence-corrected chi connectivity index (χ4v) is 4.15. The van der Waals surface area contributed by atoms with Crippen LogP contribution in [0.25, 0.3) is 10.8 Å². The third-order valence-corrected chi connectivity index (χ3v) is 5.34. The number of hydrogen-bond donors (Lipinski definition) is 0. The Balaban J connectivity index is 2.29. The van der Waals surface area contributed by atoms with Gasteiger partial charge in [0, 0.05) is 4.90 Å². The maximum absolute atomic E-state index is 12.9. The highest BCUT2D eigenvalue weighted by Gasteiger charge is 2.41. The number of thioether (sulfide) groups is 1. The zero-order chi connectivity index (χ0) is 17.7. The van der Waals surface area contributed by atoms with E-state index in [4.69, 9.17) is 4.74 Å². The molecule has 0 aliphatic heterocycles. The quantitative estimate of drug-likeness (QED) is 0.354. The van der Waals surface area contributed by atoms with Crippen molar-refractivity contribution in [3.05, 3.63) is 96.7 Å². The number of carbonyl (C=O) groups excluding carboxylic acids is 1. The molecule has 3 heteroatoms. The third kappa shape index (κ3) is 3.25. The fraction of sp³-hybridized carbons (Fsp3) is 0.0909. The minimum Gasteiger partial charge on any atom is -0.467 e. The molecule has 0 N–H and O–H groups in total. The van der Waals surface area contributed by atoms with Gasteiger partial charge < -0.3 is 4.74 Å². The van der Waals surface area contributed by atoms with E-state index < -0.39 is 4.75 Å². The maximum atomic E-state index is 12.9. The molecule has 0 spiro atoms. The summed E-state index contributed by atoms with van der Waals surface area (Å²) < 4.78 is 4.13. The Morgan fingerprint density at radius 2 is 1.72 bits per heavy atom. The first-order valence-electron chi connectivity index (χ1n) is 7.89. The lowest BCUT2D eigenvalue weighted by Crippen LogP contribution is -2.31. The van der Waals surface area contributed by atoms with Gasteiger partial charge in [-0.1, -0.05) is 79.0 Å². The van der Waals surface area contributed by atoms with E-state index in [9.17, 15) is 4.79 Å².